The van der Waals surface area contributed by atoms with Crippen molar-refractivity contribution in [1.82, 2.24) is 5.32 Å². The molecule has 0 saturated carbocycles. The summed E-state index contributed by atoms with van der Waals surface area (Å²) in [4.78, 5) is 33.8. The molecule has 0 radical (unpaired) electrons. The van der Waals surface area contributed by atoms with Crippen molar-refractivity contribution in [2.45, 2.75) is 13.5 Å². The Bertz CT molecular complexity index is 913. The van der Waals surface area contributed by atoms with Gasteiger partial charge in [-0.1, -0.05) is 11.6 Å². The van der Waals surface area contributed by atoms with E-state index in [1.165, 1.54) is 19.1 Å². The second-order valence-corrected chi connectivity index (χ2v) is 7.81. The molecule has 0 aliphatic rings. The number of halogens is 3. The molecule has 0 unspecified atom stereocenters. The Morgan fingerprint density at radius 1 is 1.11 bits per heavy atom. The van der Waals surface area contributed by atoms with Crippen LogP contribution < -0.4 is 15.4 Å². The first-order valence-corrected chi connectivity index (χ1v) is 9.81. The minimum atomic E-state index is -1.13. The molecule has 0 saturated heterocycles. The third-order valence-corrected chi connectivity index (χ3v) is 4.72. The quantitative estimate of drug-likeness (QED) is 0.494. The summed E-state index contributed by atoms with van der Waals surface area (Å²) in [6.45, 7) is 1.09. The summed E-state index contributed by atoms with van der Waals surface area (Å²) < 4.78 is 6.82. The lowest BCUT2D eigenvalue weighted by molar-refractivity contribution is -0.135. The van der Waals surface area contributed by atoms with Crippen LogP contribution in [0.3, 0.4) is 0 Å². The van der Waals surface area contributed by atoms with Gasteiger partial charge in [0.25, 0.3) is 5.91 Å². The van der Waals surface area contributed by atoms with E-state index in [2.05, 4.69) is 42.5 Å². The van der Waals surface area contributed by atoms with Crippen molar-refractivity contribution in [3.63, 3.8) is 0 Å². The molecule has 0 spiro atoms. The molecule has 0 bridgehead atoms. The highest BCUT2D eigenvalue weighted by atomic mass is 79.9. The monoisotopic (exact) mass is 532 g/mol. The van der Waals surface area contributed by atoms with E-state index in [1.807, 2.05) is 0 Å². The average molecular weight is 535 g/mol. The maximum absolute atomic E-state index is 12.0. The average Bonchev–Trinajstić information content (AvgIpc) is 2.57. The predicted octanol–water partition coefficient (Wildman–Crippen LogP) is 4.22. The van der Waals surface area contributed by atoms with Gasteiger partial charge in [-0.05, 0) is 67.8 Å². The van der Waals surface area contributed by atoms with Gasteiger partial charge in [-0.25, -0.2) is 0 Å². The summed E-state index contributed by atoms with van der Waals surface area (Å²) in [5.74, 6) is -1.41. The van der Waals surface area contributed by atoms with Crippen LogP contribution in [0.5, 0.6) is 5.75 Å². The van der Waals surface area contributed by atoms with Crippen LogP contribution in [0.1, 0.15) is 22.8 Å². The molecule has 7 nitrogen and oxygen atoms in total. The fourth-order valence-electron chi connectivity index (χ4n) is 2.25. The molecule has 0 heterocycles. The van der Waals surface area contributed by atoms with Crippen LogP contribution in [0.15, 0.2) is 39.3 Å². The van der Waals surface area contributed by atoms with E-state index in [1.54, 1.807) is 18.2 Å². The molecule has 0 atom stereocenters. The smallest absolute Gasteiger partial charge is 0.322 e. The minimum Gasteiger partial charge on any atom is -0.487 e. The van der Waals surface area contributed by atoms with E-state index in [0.717, 1.165) is 5.56 Å². The summed E-state index contributed by atoms with van der Waals surface area (Å²) in [7, 11) is 0. The number of aliphatic carboxylic acids is 1. The SMILES string of the molecule is CC(=O)Nc1cc(Cl)cc(COc2c(Br)cc(C(=O)NCC(=O)O)cc2Br)c1. The molecule has 28 heavy (non-hydrogen) atoms. The van der Waals surface area contributed by atoms with Gasteiger partial charge in [0, 0.05) is 23.2 Å². The van der Waals surface area contributed by atoms with Crippen molar-refractivity contribution in [2.75, 3.05) is 11.9 Å². The van der Waals surface area contributed by atoms with Crippen LogP contribution in [-0.4, -0.2) is 29.4 Å². The first-order valence-electron chi connectivity index (χ1n) is 7.84. The lowest BCUT2D eigenvalue weighted by Crippen LogP contribution is -2.29. The number of ether oxygens (including phenoxy) is 1. The third kappa shape index (κ3) is 6.50. The molecule has 0 aliphatic heterocycles. The Morgan fingerprint density at radius 2 is 1.75 bits per heavy atom. The summed E-state index contributed by atoms with van der Waals surface area (Å²) in [6, 6.07) is 8.13. The molecular weight excluding hydrogens is 519 g/mol. The van der Waals surface area contributed by atoms with Crippen molar-refractivity contribution in [3.05, 3.63) is 55.4 Å². The number of nitrogens with one attached hydrogen (secondary N) is 2. The van der Waals surface area contributed by atoms with Crippen LogP contribution >= 0.6 is 43.5 Å². The lowest BCUT2D eigenvalue weighted by atomic mass is 10.2. The van der Waals surface area contributed by atoms with Crippen molar-refractivity contribution in [2.24, 2.45) is 0 Å². The van der Waals surface area contributed by atoms with Crippen molar-refractivity contribution < 1.29 is 24.2 Å². The molecule has 2 amide bonds. The number of carbonyl (C=O) groups excluding carboxylic acids is 2. The number of benzene rings is 2. The van der Waals surface area contributed by atoms with Gasteiger partial charge in [0.2, 0.25) is 5.91 Å². The van der Waals surface area contributed by atoms with Crippen LogP contribution in [0.25, 0.3) is 0 Å². The van der Waals surface area contributed by atoms with E-state index in [-0.39, 0.29) is 18.1 Å². The van der Waals surface area contributed by atoms with Gasteiger partial charge in [0.05, 0.1) is 8.95 Å². The van der Waals surface area contributed by atoms with Gasteiger partial charge < -0.3 is 20.5 Å². The molecule has 2 rings (SSSR count). The fraction of sp³-hybridized carbons (Fsp3) is 0.167. The summed E-state index contributed by atoms with van der Waals surface area (Å²) in [5.41, 5.74) is 1.56. The van der Waals surface area contributed by atoms with Gasteiger partial charge in [0.1, 0.15) is 18.9 Å². The molecule has 10 heteroatoms. The number of hydrogen-bond acceptors (Lipinski definition) is 4. The van der Waals surface area contributed by atoms with Crippen molar-refractivity contribution >= 4 is 66.9 Å². The van der Waals surface area contributed by atoms with Gasteiger partial charge in [-0.15, -0.1) is 0 Å². The summed E-state index contributed by atoms with van der Waals surface area (Å²) >= 11 is 12.8. The molecule has 0 aromatic heterocycles. The summed E-state index contributed by atoms with van der Waals surface area (Å²) in [5, 5.41) is 14.0. The second-order valence-electron chi connectivity index (χ2n) is 5.66. The Balaban J connectivity index is 2.15. The van der Waals surface area contributed by atoms with Crippen molar-refractivity contribution in [3.8, 4) is 5.75 Å². The summed E-state index contributed by atoms with van der Waals surface area (Å²) in [6.07, 6.45) is 0. The van der Waals surface area contributed by atoms with Crippen LogP contribution in [-0.2, 0) is 16.2 Å². The maximum atomic E-state index is 12.0. The number of amides is 2. The predicted molar refractivity (Wildman–Crippen MR) is 112 cm³/mol. The molecule has 2 aromatic carbocycles. The molecule has 2 aromatic rings. The zero-order valence-corrected chi connectivity index (χ0v) is 18.4. The van der Waals surface area contributed by atoms with Gasteiger partial charge in [0.15, 0.2) is 0 Å². The second kappa shape index (κ2) is 9.90. The zero-order valence-electron chi connectivity index (χ0n) is 14.5. The van der Waals surface area contributed by atoms with E-state index < -0.39 is 18.4 Å². The van der Waals surface area contributed by atoms with Crippen LogP contribution in [0.2, 0.25) is 5.02 Å². The Labute approximate surface area is 182 Å². The van der Waals surface area contributed by atoms with Gasteiger partial charge >= 0.3 is 5.97 Å². The number of hydrogen-bond donors (Lipinski definition) is 3. The third-order valence-electron chi connectivity index (χ3n) is 3.32. The van der Waals surface area contributed by atoms with E-state index >= 15 is 0 Å². The van der Waals surface area contributed by atoms with E-state index in [9.17, 15) is 14.4 Å². The Hall–Kier alpha value is -2.10. The standard InChI is InChI=1S/C18H15Br2ClN2O5/c1-9(24)23-13-3-10(2-12(21)6-13)8-28-17-14(19)4-11(5-15(17)20)18(27)22-7-16(25)26/h2-6H,7-8H2,1H3,(H,22,27)(H,23,24)(H,25,26). The fourth-order valence-corrected chi connectivity index (χ4v) is 3.92. The number of carboxylic acid groups (broad SMARTS) is 1. The number of anilines is 1. The van der Waals surface area contributed by atoms with Crippen LogP contribution in [0, 0.1) is 0 Å². The molecular formula is C18H15Br2ClN2O5. The minimum absolute atomic E-state index is 0.162. The highest BCUT2D eigenvalue weighted by Gasteiger charge is 2.15. The topological polar surface area (TPSA) is 105 Å². The normalized spacial score (nSPS) is 10.3. The first-order chi connectivity index (χ1) is 13.2. The highest BCUT2D eigenvalue weighted by Crippen LogP contribution is 2.35. The van der Waals surface area contributed by atoms with E-state index in [0.29, 0.717) is 25.4 Å². The van der Waals surface area contributed by atoms with Gasteiger partial charge in [-0.3, -0.25) is 14.4 Å². The molecule has 0 fully saturated rings. The number of rotatable bonds is 7. The van der Waals surface area contributed by atoms with Gasteiger partial charge in [-0.2, -0.15) is 0 Å². The molecule has 148 valence electrons. The van der Waals surface area contributed by atoms with Crippen molar-refractivity contribution in [1.29, 1.82) is 0 Å². The number of carbonyl (C=O) groups is 3. The largest absolute Gasteiger partial charge is 0.487 e. The zero-order chi connectivity index (χ0) is 20.8. The molecule has 3 N–H and O–H groups in total. The highest BCUT2D eigenvalue weighted by molar-refractivity contribution is 9.11. The van der Waals surface area contributed by atoms with E-state index in [4.69, 9.17) is 21.4 Å². The Morgan fingerprint density at radius 3 is 2.32 bits per heavy atom. The Kier molecular flexibility index (Phi) is 7.85. The van der Waals surface area contributed by atoms with Crippen LogP contribution in [0.4, 0.5) is 5.69 Å². The number of carboxylic acids is 1. The molecule has 0 aliphatic carbocycles. The lowest BCUT2D eigenvalue weighted by Gasteiger charge is -2.13. The first kappa shape index (κ1) is 22.2. The maximum Gasteiger partial charge on any atom is 0.322 e.